The number of unbranched alkanes of at least 4 members (excludes halogenated alkanes) is 18. The first kappa shape index (κ1) is 33.7. The van der Waals surface area contributed by atoms with E-state index in [0.717, 1.165) is 19.3 Å². The molecule has 4 heteroatoms. The van der Waals surface area contributed by atoms with Crippen LogP contribution >= 0.6 is 0 Å². The first-order valence-corrected chi connectivity index (χ1v) is 15.2. The maximum absolute atomic E-state index is 11.8. The quantitative estimate of drug-likeness (QED) is 0.0648. The summed E-state index contributed by atoms with van der Waals surface area (Å²) in [5, 5.41) is 0. The van der Waals surface area contributed by atoms with E-state index in [1.54, 1.807) is 0 Å². The van der Waals surface area contributed by atoms with Crippen LogP contribution in [0.3, 0.4) is 0 Å². The van der Waals surface area contributed by atoms with E-state index in [1.165, 1.54) is 109 Å². The van der Waals surface area contributed by atoms with Crippen molar-refractivity contribution in [1.82, 2.24) is 0 Å². The summed E-state index contributed by atoms with van der Waals surface area (Å²) in [4.78, 5) is 23.6. The minimum atomic E-state index is -0.237. The second-order valence-electron chi connectivity index (χ2n) is 10.0. The Morgan fingerprint density at radius 2 is 0.914 bits per heavy atom. The lowest BCUT2D eigenvalue weighted by Crippen LogP contribution is -2.08. The molecule has 0 atom stereocenters. The van der Waals surface area contributed by atoms with Crippen LogP contribution in [0.15, 0.2) is 12.2 Å². The Morgan fingerprint density at radius 3 is 1.43 bits per heavy atom. The molecule has 0 saturated heterocycles. The van der Waals surface area contributed by atoms with Crippen molar-refractivity contribution in [2.24, 2.45) is 0 Å². The van der Waals surface area contributed by atoms with Crippen molar-refractivity contribution in [1.29, 1.82) is 0 Å². The van der Waals surface area contributed by atoms with Crippen molar-refractivity contribution in [2.75, 3.05) is 13.2 Å². The summed E-state index contributed by atoms with van der Waals surface area (Å²) in [6, 6.07) is 0. The molecule has 0 aromatic rings. The van der Waals surface area contributed by atoms with Gasteiger partial charge in [0.25, 0.3) is 0 Å². The van der Waals surface area contributed by atoms with Gasteiger partial charge in [-0.25, -0.2) is 0 Å². The van der Waals surface area contributed by atoms with Gasteiger partial charge in [0.15, 0.2) is 0 Å². The van der Waals surface area contributed by atoms with Gasteiger partial charge in [0, 0.05) is 12.8 Å². The Kier molecular flexibility index (Phi) is 27.8. The van der Waals surface area contributed by atoms with Gasteiger partial charge in [-0.3, -0.25) is 9.59 Å². The van der Waals surface area contributed by atoms with E-state index in [2.05, 4.69) is 19.9 Å². The van der Waals surface area contributed by atoms with Crippen LogP contribution in [-0.4, -0.2) is 25.2 Å². The molecule has 0 aromatic heterocycles. The average Bonchev–Trinajstić information content (AvgIpc) is 2.85. The van der Waals surface area contributed by atoms with E-state index < -0.39 is 0 Å². The fraction of sp³-hybridized carbons (Fsp3) is 0.871. The largest absolute Gasteiger partial charge is 0.466 e. The zero-order valence-electron chi connectivity index (χ0n) is 23.5. The summed E-state index contributed by atoms with van der Waals surface area (Å²) in [5.41, 5.74) is 0. The molecule has 0 unspecified atom stereocenters. The van der Waals surface area contributed by atoms with Crippen molar-refractivity contribution in [3.8, 4) is 0 Å². The lowest BCUT2D eigenvalue weighted by molar-refractivity contribution is -0.145. The summed E-state index contributed by atoms with van der Waals surface area (Å²) in [7, 11) is 0. The fourth-order valence-corrected chi connectivity index (χ4v) is 4.20. The molecule has 0 amide bonds. The van der Waals surface area contributed by atoms with Crippen LogP contribution in [0.25, 0.3) is 0 Å². The molecule has 206 valence electrons. The van der Waals surface area contributed by atoms with Gasteiger partial charge in [0.1, 0.15) is 6.61 Å². The number of ether oxygens (including phenoxy) is 2. The topological polar surface area (TPSA) is 52.6 Å². The van der Waals surface area contributed by atoms with Crippen LogP contribution in [0.4, 0.5) is 0 Å². The standard InChI is InChI=1S/C31H58O4/c1-3-5-7-9-11-13-15-16-18-20-22-24-29-35-31(33)27-25-26-30(32)34-28-23-21-19-17-14-12-10-8-6-4-2/h21,23H,3-20,22,24-29H2,1-2H3/b23-21+. The lowest BCUT2D eigenvalue weighted by Gasteiger charge is -2.05. The molecule has 0 saturated carbocycles. The highest BCUT2D eigenvalue weighted by atomic mass is 16.5. The van der Waals surface area contributed by atoms with Crippen LogP contribution in [0.1, 0.15) is 162 Å². The van der Waals surface area contributed by atoms with Crippen molar-refractivity contribution >= 4 is 11.9 Å². The molecular formula is C31H58O4. The van der Waals surface area contributed by atoms with Crippen LogP contribution in [0.2, 0.25) is 0 Å². The third kappa shape index (κ3) is 28.8. The first-order chi connectivity index (χ1) is 17.2. The molecule has 0 radical (unpaired) electrons. The Bertz CT molecular complexity index is 486. The molecule has 0 aliphatic heterocycles. The normalized spacial score (nSPS) is 11.3. The van der Waals surface area contributed by atoms with Gasteiger partial charge in [0.05, 0.1) is 6.61 Å². The summed E-state index contributed by atoms with van der Waals surface area (Å²) < 4.78 is 10.5. The van der Waals surface area contributed by atoms with E-state index in [0.29, 0.717) is 26.1 Å². The number of carbonyl (C=O) groups excluding carboxylic acids is 2. The van der Waals surface area contributed by atoms with Crippen molar-refractivity contribution in [2.45, 2.75) is 162 Å². The van der Waals surface area contributed by atoms with Crippen LogP contribution in [-0.2, 0) is 19.1 Å². The molecule has 0 N–H and O–H groups in total. The van der Waals surface area contributed by atoms with Gasteiger partial charge < -0.3 is 9.47 Å². The fourth-order valence-electron chi connectivity index (χ4n) is 4.20. The molecule has 4 nitrogen and oxygen atoms in total. The Labute approximate surface area is 218 Å². The molecule has 0 rings (SSSR count). The second-order valence-corrected chi connectivity index (χ2v) is 10.0. The maximum Gasteiger partial charge on any atom is 0.306 e. The highest BCUT2D eigenvalue weighted by Crippen LogP contribution is 2.12. The lowest BCUT2D eigenvalue weighted by atomic mass is 10.1. The second kappa shape index (κ2) is 28.9. The molecule has 0 bridgehead atoms. The number of carbonyl (C=O) groups is 2. The SMILES string of the molecule is CCCCCCCCC/C=C/COC(=O)CCCC(=O)OCCCCCCCCCCCCCC. The summed E-state index contributed by atoms with van der Waals surface area (Å²) in [6.07, 6.45) is 30.9. The molecule has 0 heterocycles. The molecule has 35 heavy (non-hydrogen) atoms. The molecule has 0 fully saturated rings. The van der Waals surface area contributed by atoms with Crippen LogP contribution < -0.4 is 0 Å². The molecule has 0 aliphatic carbocycles. The van der Waals surface area contributed by atoms with E-state index in [-0.39, 0.29) is 18.4 Å². The third-order valence-electron chi connectivity index (χ3n) is 6.50. The van der Waals surface area contributed by atoms with Gasteiger partial charge >= 0.3 is 11.9 Å². The highest BCUT2D eigenvalue weighted by Gasteiger charge is 2.07. The Balaban J connectivity index is 3.34. The minimum absolute atomic E-state index is 0.199. The number of hydrogen-bond acceptors (Lipinski definition) is 4. The zero-order chi connectivity index (χ0) is 25.7. The summed E-state index contributed by atoms with van der Waals surface area (Å²) >= 11 is 0. The van der Waals surface area contributed by atoms with Gasteiger partial charge in [-0.05, 0) is 25.7 Å². The molecule has 0 aliphatic rings. The first-order valence-electron chi connectivity index (χ1n) is 15.2. The Morgan fingerprint density at radius 1 is 0.486 bits per heavy atom. The monoisotopic (exact) mass is 494 g/mol. The van der Waals surface area contributed by atoms with Crippen LogP contribution in [0, 0.1) is 0 Å². The maximum atomic E-state index is 11.8. The predicted molar refractivity (Wildman–Crippen MR) is 149 cm³/mol. The van der Waals surface area contributed by atoms with Gasteiger partial charge in [0.2, 0.25) is 0 Å². The minimum Gasteiger partial charge on any atom is -0.466 e. The van der Waals surface area contributed by atoms with Crippen LogP contribution in [0.5, 0.6) is 0 Å². The number of rotatable bonds is 27. The number of hydrogen-bond donors (Lipinski definition) is 0. The summed E-state index contributed by atoms with van der Waals surface area (Å²) in [6.45, 7) is 5.34. The van der Waals surface area contributed by atoms with Gasteiger partial charge in [-0.2, -0.15) is 0 Å². The van der Waals surface area contributed by atoms with E-state index in [4.69, 9.17) is 9.47 Å². The van der Waals surface area contributed by atoms with E-state index in [1.807, 2.05) is 6.08 Å². The van der Waals surface area contributed by atoms with Crippen molar-refractivity contribution in [3.05, 3.63) is 12.2 Å². The van der Waals surface area contributed by atoms with E-state index in [9.17, 15) is 9.59 Å². The number of allylic oxidation sites excluding steroid dienone is 1. The van der Waals surface area contributed by atoms with Crippen molar-refractivity contribution < 1.29 is 19.1 Å². The molecular weight excluding hydrogens is 436 g/mol. The third-order valence-corrected chi connectivity index (χ3v) is 6.50. The van der Waals surface area contributed by atoms with Crippen molar-refractivity contribution in [3.63, 3.8) is 0 Å². The number of esters is 2. The molecule has 0 spiro atoms. The predicted octanol–water partition coefficient (Wildman–Crippen LogP) is 9.64. The average molecular weight is 495 g/mol. The smallest absolute Gasteiger partial charge is 0.306 e. The van der Waals surface area contributed by atoms with Gasteiger partial charge in [-0.1, -0.05) is 135 Å². The highest BCUT2D eigenvalue weighted by molar-refractivity contribution is 5.72. The Hall–Kier alpha value is -1.32. The molecule has 0 aromatic carbocycles. The van der Waals surface area contributed by atoms with E-state index >= 15 is 0 Å². The summed E-state index contributed by atoms with van der Waals surface area (Å²) in [5.74, 6) is -0.435. The van der Waals surface area contributed by atoms with Gasteiger partial charge in [-0.15, -0.1) is 0 Å². The zero-order valence-corrected chi connectivity index (χ0v) is 23.5.